The van der Waals surface area contributed by atoms with Crippen LogP contribution in [0.25, 0.3) is 0 Å². The highest BCUT2D eigenvalue weighted by atomic mass is 32.2. The van der Waals surface area contributed by atoms with E-state index in [-0.39, 0.29) is 17.3 Å². The summed E-state index contributed by atoms with van der Waals surface area (Å²) in [6.07, 6.45) is 2.06. The largest absolute Gasteiger partial charge is 0.352 e. The highest BCUT2D eigenvalue weighted by Gasteiger charge is 2.17. The van der Waals surface area contributed by atoms with Gasteiger partial charge in [-0.2, -0.15) is 0 Å². The molecule has 1 aliphatic rings. The minimum Gasteiger partial charge on any atom is -0.352 e. The molecule has 0 aliphatic carbocycles. The molecule has 2 aromatic carbocycles. The maximum Gasteiger partial charge on any atom is 0.251 e. The molecule has 6 nitrogen and oxygen atoms in total. The van der Waals surface area contributed by atoms with Gasteiger partial charge in [0.2, 0.25) is 10.0 Å². The number of carbonyl (C=O) groups excluding carboxylic acids is 1. The van der Waals surface area contributed by atoms with E-state index in [1.165, 1.54) is 12.1 Å². The summed E-state index contributed by atoms with van der Waals surface area (Å²) in [5, 5.41) is 6.18. The summed E-state index contributed by atoms with van der Waals surface area (Å²) in [7, 11) is -3.69. The minimum absolute atomic E-state index is 0.0890. The first kappa shape index (κ1) is 19.5. The average Bonchev–Trinajstić information content (AvgIpc) is 3.21. The SMILES string of the molecule is O=C(NCCC1CCNC1)c1cccc(S(=O)(=O)NCc2ccccc2)c1. The predicted molar refractivity (Wildman–Crippen MR) is 105 cm³/mol. The lowest BCUT2D eigenvalue weighted by Gasteiger charge is -2.11. The van der Waals surface area contributed by atoms with Crippen molar-refractivity contribution in [2.24, 2.45) is 5.92 Å². The molecule has 0 bridgehead atoms. The maximum atomic E-state index is 12.5. The summed E-state index contributed by atoms with van der Waals surface area (Å²) in [5.41, 5.74) is 1.22. The molecule has 144 valence electrons. The number of amides is 1. The molecule has 1 aliphatic heterocycles. The van der Waals surface area contributed by atoms with Gasteiger partial charge in [-0.05, 0) is 55.6 Å². The van der Waals surface area contributed by atoms with Crippen molar-refractivity contribution in [3.8, 4) is 0 Å². The normalized spacial score (nSPS) is 17.0. The third-order valence-electron chi connectivity index (χ3n) is 4.72. The molecule has 1 unspecified atom stereocenters. The minimum atomic E-state index is -3.69. The standard InChI is InChI=1S/C20H25N3O3S/c24-20(22-12-10-17-9-11-21-14-17)18-7-4-8-19(13-18)27(25,26)23-15-16-5-2-1-3-6-16/h1-8,13,17,21,23H,9-12,14-15H2,(H,22,24). The Bertz CT molecular complexity index is 863. The van der Waals surface area contributed by atoms with E-state index in [1.807, 2.05) is 30.3 Å². The zero-order valence-electron chi connectivity index (χ0n) is 15.1. The van der Waals surface area contributed by atoms with Crippen molar-refractivity contribution in [1.29, 1.82) is 0 Å². The Morgan fingerprint density at radius 1 is 1.11 bits per heavy atom. The number of sulfonamides is 1. The second-order valence-corrected chi connectivity index (χ2v) is 8.51. The Balaban J connectivity index is 1.58. The Morgan fingerprint density at radius 3 is 2.67 bits per heavy atom. The molecule has 3 N–H and O–H groups in total. The molecule has 0 aromatic heterocycles. The van der Waals surface area contributed by atoms with Crippen molar-refractivity contribution in [2.75, 3.05) is 19.6 Å². The van der Waals surface area contributed by atoms with Crippen molar-refractivity contribution in [1.82, 2.24) is 15.4 Å². The number of hydrogen-bond donors (Lipinski definition) is 3. The van der Waals surface area contributed by atoms with E-state index in [0.29, 0.717) is 18.0 Å². The zero-order chi connectivity index (χ0) is 19.1. The molecular weight excluding hydrogens is 362 g/mol. The molecular formula is C20H25N3O3S. The second kappa shape index (κ2) is 9.12. The Kier molecular flexibility index (Phi) is 6.60. The number of rotatable bonds is 8. The molecule has 1 heterocycles. The molecule has 1 saturated heterocycles. The van der Waals surface area contributed by atoms with Gasteiger partial charge in [-0.1, -0.05) is 36.4 Å². The Hall–Kier alpha value is -2.22. The molecule has 0 spiro atoms. The second-order valence-electron chi connectivity index (χ2n) is 6.74. The summed E-state index contributed by atoms with van der Waals surface area (Å²) in [6, 6.07) is 15.4. The lowest BCUT2D eigenvalue weighted by atomic mass is 10.1. The van der Waals surface area contributed by atoms with Crippen LogP contribution < -0.4 is 15.4 Å². The van der Waals surface area contributed by atoms with Crippen molar-refractivity contribution in [3.63, 3.8) is 0 Å². The smallest absolute Gasteiger partial charge is 0.251 e. The highest BCUT2D eigenvalue weighted by Crippen LogP contribution is 2.14. The van der Waals surface area contributed by atoms with Gasteiger partial charge in [0.25, 0.3) is 5.91 Å². The summed E-state index contributed by atoms with van der Waals surface area (Å²) in [4.78, 5) is 12.4. The third-order valence-corrected chi connectivity index (χ3v) is 6.12. The lowest BCUT2D eigenvalue weighted by Crippen LogP contribution is -2.27. The van der Waals surface area contributed by atoms with Crippen LogP contribution in [-0.4, -0.2) is 34.0 Å². The van der Waals surface area contributed by atoms with Gasteiger partial charge in [-0.25, -0.2) is 13.1 Å². The fourth-order valence-electron chi connectivity index (χ4n) is 3.11. The van der Waals surface area contributed by atoms with Gasteiger partial charge in [-0.15, -0.1) is 0 Å². The van der Waals surface area contributed by atoms with Crippen molar-refractivity contribution in [3.05, 3.63) is 65.7 Å². The zero-order valence-corrected chi connectivity index (χ0v) is 16.0. The van der Waals surface area contributed by atoms with Crippen molar-refractivity contribution < 1.29 is 13.2 Å². The summed E-state index contributed by atoms with van der Waals surface area (Å²) in [6.45, 7) is 2.83. The van der Waals surface area contributed by atoms with E-state index in [1.54, 1.807) is 12.1 Å². The van der Waals surface area contributed by atoms with E-state index in [2.05, 4.69) is 15.4 Å². The van der Waals surface area contributed by atoms with Crippen LogP contribution in [0.3, 0.4) is 0 Å². The van der Waals surface area contributed by atoms with E-state index < -0.39 is 10.0 Å². The van der Waals surface area contributed by atoms with Gasteiger partial charge in [0.05, 0.1) is 4.90 Å². The number of benzene rings is 2. The molecule has 1 atom stereocenters. The average molecular weight is 388 g/mol. The monoisotopic (exact) mass is 387 g/mol. The molecule has 1 amide bonds. The summed E-state index contributed by atoms with van der Waals surface area (Å²) >= 11 is 0. The molecule has 1 fully saturated rings. The molecule has 3 rings (SSSR count). The Morgan fingerprint density at radius 2 is 1.93 bits per heavy atom. The van der Waals surface area contributed by atoms with Gasteiger partial charge in [0.1, 0.15) is 0 Å². The summed E-state index contributed by atoms with van der Waals surface area (Å²) < 4.78 is 27.6. The van der Waals surface area contributed by atoms with E-state index in [9.17, 15) is 13.2 Å². The quantitative estimate of drug-likeness (QED) is 0.646. The van der Waals surface area contributed by atoms with Gasteiger partial charge in [0, 0.05) is 18.7 Å². The van der Waals surface area contributed by atoms with Crippen LogP contribution in [0.15, 0.2) is 59.5 Å². The first-order chi connectivity index (χ1) is 13.0. The molecule has 27 heavy (non-hydrogen) atoms. The van der Waals surface area contributed by atoms with Crippen molar-refractivity contribution >= 4 is 15.9 Å². The van der Waals surface area contributed by atoms with Crippen LogP contribution in [0.2, 0.25) is 0 Å². The summed E-state index contributed by atoms with van der Waals surface area (Å²) in [5.74, 6) is 0.347. The molecule has 0 saturated carbocycles. The molecule has 2 aromatic rings. The highest BCUT2D eigenvalue weighted by molar-refractivity contribution is 7.89. The lowest BCUT2D eigenvalue weighted by molar-refractivity contribution is 0.0951. The van der Waals surface area contributed by atoms with E-state index >= 15 is 0 Å². The van der Waals surface area contributed by atoms with Gasteiger partial charge >= 0.3 is 0 Å². The molecule has 7 heteroatoms. The Labute approximate surface area is 160 Å². The van der Waals surface area contributed by atoms with E-state index in [4.69, 9.17) is 0 Å². The van der Waals surface area contributed by atoms with Crippen LogP contribution in [0.5, 0.6) is 0 Å². The number of carbonyl (C=O) groups is 1. The fourth-order valence-corrected chi connectivity index (χ4v) is 4.18. The number of nitrogens with one attached hydrogen (secondary N) is 3. The van der Waals surface area contributed by atoms with Gasteiger partial charge < -0.3 is 10.6 Å². The van der Waals surface area contributed by atoms with E-state index in [0.717, 1.165) is 31.5 Å². The van der Waals surface area contributed by atoms with Crippen LogP contribution in [0, 0.1) is 5.92 Å². The van der Waals surface area contributed by atoms with Crippen LogP contribution in [0.4, 0.5) is 0 Å². The molecule has 0 radical (unpaired) electrons. The van der Waals surface area contributed by atoms with Crippen LogP contribution >= 0.6 is 0 Å². The van der Waals surface area contributed by atoms with Crippen LogP contribution in [0.1, 0.15) is 28.8 Å². The van der Waals surface area contributed by atoms with Gasteiger partial charge in [-0.3, -0.25) is 4.79 Å². The van der Waals surface area contributed by atoms with Crippen LogP contribution in [-0.2, 0) is 16.6 Å². The maximum absolute atomic E-state index is 12.5. The first-order valence-corrected chi connectivity index (χ1v) is 10.7. The third kappa shape index (κ3) is 5.63. The number of hydrogen-bond acceptors (Lipinski definition) is 4. The predicted octanol–water partition coefficient (Wildman–Crippen LogP) is 1.89. The van der Waals surface area contributed by atoms with Crippen molar-refractivity contribution in [2.45, 2.75) is 24.3 Å². The fraction of sp³-hybridized carbons (Fsp3) is 0.350. The first-order valence-electron chi connectivity index (χ1n) is 9.17. The van der Waals surface area contributed by atoms with Gasteiger partial charge in [0.15, 0.2) is 0 Å². The topological polar surface area (TPSA) is 87.3 Å².